The summed E-state index contributed by atoms with van der Waals surface area (Å²) in [4.78, 5) is 12.1. The molecule has 100 valence electrons. The van der Waals surface area contributed by atoms with Gasteiger partial charge in [0.05, 0.1) is 12.6 Å². The summed E-state index contributed by atoms with van der Waals surface area (Å²) in [5.41, 5.74) is 0.323. The Morgan fingerprint density at radius 2 is 2.00 bits per heavy atom. The van der Waals surface area contributed by atoms with Gasteiger partial charge in [-0.25, -0.2) is 0 Å². The van der Waals surface area contributed by atoms with E-state index in [9.17, 15) is 9.28 Å². The van der Waals surface area contributed by atoms with Crippen LogP contribution in [0.2, 0.25) is 0 Å². The Balaban J connectivity index is 3.13. The van der Waals surface area contributed by atoms with Crippen LogP contribution in [0.15, 0.2) is 18.2 Å². The van der Waals surface area contributed by atoms with Crippen molar-refractivity contribution in [3.8, 4) is 5.75 Å². The fourth-order valence-corrected chi connectivity index (χ4v) is 1.61. The monoisotopic (exact) mass is 253 g/mol. The standard InChI is InChI=1S/C14H20FNO2/c1-6-10-9-11(18-5)7-8-12(10)13(17)16(15)14(2,3)4/h7-9H,6H2,1-5H3. The van der Waals surface area contributed by atoms with Crippen LogP contribution in [0.4, 0.5) is 4.48 Å². The average Bonchev–Trinajstić information content (AvgIpc) is 2.35. The minimum atomic E-state index is -0.845. The molecule has 0 aromatic heterocycles. The number of carbonyl (C=O) groups excluding carboxylic acids is 1. The fourth-order valence-electron chi connectivity index (χ4n) is 1.61. The summed E-state index contributed by atoms with van der Waals surface area (Å²) in [7, 11) is 1.56. The Morgan fingerprint density at radius 1 is 1.39 bits per heavy atom. The first kappa shape index (κ1) is 14.5. The van der Waals surface area contributed by atoms with Crippen LogP contribution in [0.5, 0.6) is 5.75 Å². The van der Waals surface area contributed by atoms with Crippen molar-refractivity contribution in [2.45, 2.75) is 39.7 Å². The molecule has 1 aromatic carbocycles. The second-order valence-electron chi connectivity index (χ2n) is 5.13. The smallest absolute Gasteiger partial charge is 0.282 e. The zero-order valence-corrected chi connectivity index (χ0v) is 11.6. The van der Waals surface area contributed by atoms with Crippen LogP contribution < -0.4 is 4.74 Å². The van der Waals surface area contributed by atoms with Gasteiger partial charge in [0.2, 0.25) is 0 Å². The van der Waals surface area contributed by atoms with E-state index >= 15 is 0 Å². The molecule has 0 atom stereocenters. The molecule has 0 radical (unpaired) electrons. The number of benzene rings is 1. The molecule has 18 heavy (non-hydrogen) atoms. The van der Waals surface area contributed by atoms with Crippen LogP contribution in [-0.2, 0) is 6.42 Å². The fraction of sp³-hybridized carbons (Fsp3) is 0.500. The second kappa shape index (κ2) is 5.38. The van der Waals surface area contributed by atoms with Gasteiger partial charge >= 0.3 is 0 Å². The summed E-state index contributed by atoms with van der Waals surface area (Å²) in [5, 5.41) is 0.272. The molecule has 1 amide bonds. The van der Waals surface area contributed by atoms with Gasteiger partial charge in [0, 0.05) is 5.56 Å². The Kier molecular flexibility index (Phi) is 4.33. The number of rotatable bonds is 3. The van der Waals surface area contributed by atoms with E-state index in [4.69, 9.17) is 4.74 Å². The molecule has 0 spiro atoms. The topological polar surface area (TPSA) is 29.5 Å². The molecule has 0 aliphatic rings. The van der Waals surface area contributed by atoms with E-state index in [0.29, 0.717) is 17.7 Å². The maximum atomic E-state index is 13.9. The summed E-state index contributed by atoms with van der Waals surface area (Å²) in [6.45, 7) is 6.88. The first-order valence-corrected chi connectivity index (χ1v) is 5.98. The van der Waals surface area contributed by atoms with Gasteiger partial charge < -0.3 is 4.74 Å². The SMILES string of the molecule is CCc1cc(OC)ccc1C(=O)N(F)C(C)(C)C. The highest BCUT2D eigenvalue weighted by Gasteiger charge is 2.29. The summed E-state index contributed by atoms with van der Waals surface area (Å²) in [6, 6.07) is 5.05. The molecule has 0 aliphatic carbocycles. The van der Waals surface area contributed by atoms with E-state index in [-0.39, 0.29) is 5.12 Å². The lowest BCUT2D eigenvalue weighted by molar-refractivity contribution is -0.0322. The van der Waals surface area contributed by atoms with Gasteiger partial charge in [0.15, 0.2) is 0 Å². The van der Waals surface area contributed by atoms with E-state index < -0.39 is 11.4 Å². The van der Waals surface area contributed by atoms with Crippen LogP contribution in [-0.4, -0.2) is 23.7 Å². The molecule has 0 bridgehead atoms. The molecule has 0 aliphatic heterocycles. The Labute approximate surface area is 107 Å². The van der Waals surface area contributed by atoms with Crippen LogP contribution in [0, 0.1) is 0 Å². The molecule has 4 heteroatoms. The Hall–Kier alpha value is -1.58. The highest BCUT2D eigenvalue weighted by Crippen LogP contribution is 2.23. The summed E-state index contributed by atoms with van der Waals surface area (Å²) < 4.78 is 19.0. The van der Waals surface area contributed by atoms with E-state index in [0.717, 1.165) is 5.56 Å². The van der Waals surface area contributed by atoms with E-state index in [1.54, 1.807) is 46.1 Å². The molecular formula is C14H20FNO2. The molecular weight excluding hydrogens is 233 g/mol. The molecule has 1 aromatic rings. The van der Waals surface area contributed by atoms with Crippen LogP contribution in [0.25, 0.3) is 0 Å². The van der Waals surface area contributed by atoms with Crippen molar-refractivity contribution in [2.75, 3.05) is 7.11 Å². The molecule has 0 heterocycles. The number of nitrogens with zero attached hydrogens (tertiary/aromatic N) is 1. The number of ether oxygens (including phenoxy) is 1. The van der Waals surface area contributed by atoms with Gasteiger partial charge in [0.25, 0.3) is 5.91 Å². The highest BCUT2D eigenvalue weighted by molar-refractivity contribution is 5.95. The second-order valence-corrected chi connectivity index (χ2v) is 5.13. The lowest BCUT2D eigenvalue weighted by atomic mass is 10.0. The van der Waals surface area contributed by atoms with Crippen molar-refractivity contribution >= 4 is 5.91 Å². The van der Waals surface area contributed by atoms with Crippen LogP contribution in [0.1, 0.15) is 43.6 Å². The first-order valence-electron chi connectivity index (χ1n) is 5.98. The summed E-state index contributed by atoms with van der Waals surface area (Å²) >= 11 is 0. The van der Waals surface area contributed by atoms with Crippen molar-refractivity contribution in [2.24, 2.45) is 0 Å². The number of methoxy groups -OCH3 is 1. The minimum Gasteiger partial charge on any atom is -0.497 e. The third kappa shape index (κ3) is 3.00. The molecule has 0 N–H and O–H groups in total. The number of amides is 1. The van der Waals surface area contributed by atoms with Crippen molar-refractivity contribution in [3.05, 3.63) is 29.3 Å². The van der Waals surface area contributed by atoms with E-state index in [1.807, 2.05) is 6.92 Å². The Bertz CT molecular complexity index is 438. The predicted molar refractivity (Wildman–Crippen MR) is 69.4 cm³/mol. The lowest BCUT2D eigenvalue weighted by Gasteiger charge is -2.27. The number of carbonyl (C=O) groups is 1. The maximum Gasteiger partial charge on any atom is 0.282 e. The van der Waals surface area contributed by atoms with Gasteiger partial charge in [-0.15, -0.1) is 0 Å². The third-order valence-electron chi connectivity index (χ3n) is 2.69. The molecule has 3 nitrogen and oxygen atoms in total. The highest BCUT2D eigenvalue weighted by atomic mass is 19.2. The Morgan fingerprint density at radius 3 is 2.44 bits per heavy atom. The number of halogens is 1. The number of hydrogen-bond acceptors (Lipinski definition) is 2. The minimum absolute atomic E-state index is 0.272. The van der Waals surface area contributed by atoms with Gasteiger partial charge in [-0.3, -0.25) is 4.79 Å². The zero-order valence-electron chi connectivity index (χ0n) is 11.6. The van der Waals surface area contributed by atoms with Crippen LogP contribution >= 0.6 is 0 Å². The zero-order chi connectivity index (χ0) is 13.9. The number of hydrogen-bond donors (Lipinski definition) is 0. The van der Waals surface area contributed by atoms with Crippen LogP contribution in [0.3, 0.4) is 0 Å². The largest absolute Gasteiger partial charge is 0.497 e. The molecule has 0 fully saturated rings. The average molecular weight is 253 g/mol. The van der Waals surface area contributed by atoms with Crippen molar-refractivity contribution in [1.29, 1.82) is 0 Å². The summed E-state index contributed by atoms with van der Waals surface area (Å²) in [6.07, 6.45) is 0.649. The van der Waals surface area contributed by atoms with Gasteiger partial charge in [-0.1, -0.05) is 11.4 Å². The molecule has 0 saturated carbocycles. The first-order chi connectivity index (χ1) is 8.31. The van der Waals surface area contributed by atoms with Crippen molar-refractivity contribution in [3.63, 3.8) is 0 Å². The third-order valence-corrected chi connectivity index (χ3v) is 2.69. The summed E-state index contributed by atoms with van der Waals surface area (Å²) in [5.74, 6) is 0.0616. The predicted octanol–water partition coefficient (Wildman–Crippen LogP) is 3.38. The number of aryl methyl sites for hydroxylation is 1. The normalized spacial score (nSPS) is 11.2. The maximum absolute atomic E-state index is 13.9. The van der Waals surface area contributed by atoms with E-state index in [1.165, 1.54) is 0 Å². The van der Waals surface area contributed by atoms with Crippen molar-refractivity contribution < 1.29 is 14.0 Å². The van der Waals surface area contributed by atoms with Gasteiger partial charge in [-0.2, -0.15) is 5.12 Å². The lowest BCUT2D eigenvalue weighted by Crippen LogP contribution is -2.39. The quantitative estimate of drug-likeness (QED) is 0.773. The van der Waals surface area contributed by atoms with E-state index in [2.05, 4.69) is 0 Å². The molecule has 0 saturated heterocycles. The van der Waals surface area contributed by atoms with Gasteiger partial charge in [0.1, 0.15) is 5.75 Å². The molecule has 1 rings (SSSR count). The van der Waals surface area contributed by atoms with Gasteiger partial charge in [-0.05, 0) is 51.0 Å². The molecule has 0 unspecified atom stereocenters. The van der Waals surface area contributed by atoms with Crippen molar-refractivity contribution in [1.82, 2.24) is 5.12 Å².